The summed E-state index contributed by atoms with van der Waals surface area (Å²) < 4.78 is 7.51. The number of nitrogens with zero attached hydrogens (tertiary/aromatic N) is 5. The van der Waals surface area contributed by atoms with Gasteiger partial charge in [-0.3, -0.25) is 0 Å². The second-order valence-electron chi connectivity index (χ2n) is 5.38. The highest BCUT2D eigenvalue weighted by Crippen LogP contribution is 2.29. The molecule has 0 N–H and O–H groups in total. The summed E-state index contributed by atoms with van der Waals surface area (Å²) in [5.74, 6) is 0.788. The zero-order valence-electron chi connectivity index (χ0n) is 12.6. The van der Waals surface area contributed by atoms with Crippen molar-refractivity contribution in [2.45, 2.75) is 12.6 Å². The average molecular weight is 327 g/mol. The Morgan fingerprint density at radius 2 is 2.13 bits per heavy atom. The van der Waals surface area contributed by atoms with Crippen molar-refractivity contribution >= 4 is 16.5 Å². The zero-order chi connectivity index (χ0) is 15.5. The van der Waals surface area contributed by atoms with E-state index >= 15 is 0 Å². The van der Waals surface area contributed by atoms with Crippen LogP contribution in [0.5, 0.6) is 0 Å². The van der Waals surface area contributed by atoms with Gasteiger partial charge in [0.1, 0.15) is 12.4 Å². The summed E-state index contributed by atoms with van der Waals surface area (Å²) in [6, 6.07) is 10.3. The van der Waals surface area contributed by atoms with Crippen molar-refractivity contribution in [3.05, 3.63) is 59.6 Å². The molecule has 1 saturated heterocycles. The van der Waals surface area contributed by atoms with Crippen LogP contribution >= 0.6 is 11.3 Å². The second-order valence-corrected chi connectivity index (χ2v) is 6.26. The number of hydrogen-bond acceptors (Lipinski definition) is 6. The fourth-order valence-corrected chi connectivity index (χ4v) is 3.43. The second kappa shape index (κ2) is 6.47. The molecule has 1 aliphatic rings. The maximum atomic E-state index is 5.64. The molecule has 0 radical (unpaired) electrons. The molecule has 1 fully saturated rings. The molecule has 0 spiro atoms. The number of benzene rings is 1. The lowest BCUT2D eigenvalue weighted by Crippen LogP contribution is -2.40. The molecule has 3 aromatic rings. The molecule has 0 amide bonds. The van der Waals surface area contributed by atoms with Crippen molar-refractivity contribution in [3.63, 3.8) is 0 Å². The van der Waals surface area contributed by atoms with Gasteiger partial charge in [-0.1, -0.05) is 30.3 Å². The Hall–Kier alpha value is -2.25. The van der Waals surface area contributed by atoms with Gasteiger partial charge in [0, 0.05) is 18.1 Å². The fraction of sp³-hybridized carbons (Fsp3) is 0.312. The summed E-state index contributed by atoms with van der Waals surface area (Å²) in [5, 5.41) is 7.64. The average Bonchev–Trinajstić information content (AvgIpc) is 3.28. The van der Waals surface area contributed by atoms with Crippen molar-refractivity contribution in [3.8, 4) is 0 Å². The van der Waals surface area contributed by atoms with E-state index in [4.69, 9.17) is 4.74 Å². The fourth-order valence-electron chi connectivity index (χ4n) is 2.71. The molecule has 3 heterocycles. The number of hydrogen-bond donors (Lipinski definition) is 0. The highest BCUT2D eigenvalue weighted by molar-refractivity contribution is 7.13. The molecular weight excluding hydrogens is 310 g/mol. The van der Waals surface area contributed by atoms with E-state index < -0.39 is 0 Å². The first kappa shape index (κ1) is 14.3. The van der Waals surface area contributed by atoms with Crippen LogP contribution in [0.1, 0.15) is 17.4 Å². The van der Waals surface area contributed by atoms with Gasteiger partial charge in [-0.2, -0.15) is 5.10 Å². The Morgan fingerprint density at radius 3 is 2.96 bits per heavy atom. The predicted octanol–water partition coefficient (Wildman–Crippen LogP) is 2.36. The normalized spacial score (nSPS) is 18.3. The molecule has 1 atom stereocenters. The van der Waals surface area contributed by atoms with E-state index in [1.807, 2.05) is 34.5 Å². The first-order valence-corrected chi connectivity index (χ1v) is 8.45. The predicted molar refractivity (Wildman–Crippen MR) is 88.6 cm³/mol. The van der Waals surface area contributed by atoms with Gasteiger partial charge in [0.15, 0.2) is 11.0 Å². The number of ether oxygens (including phenoxy) is 1. The van der Waals surface area contributed by atoms with Crippen molar-refractivity contribution in [1.29, 1.82) is 0 Å². The summed E-state index contributed by atoms with van der Waals surface area (Å²) in [6.07, 6.45) is 3.62. The first-order valence-electron chi connectivity index (χ1n) is 7.57. The van der Waals surface area contributed by atoms with Crippen LogP contribution < -0.4 is 4.90 Å². The number of morpholine rings is 1. The van der Waals surface area contributed by atoms with E-state index in [0.29, 0.717) is 13.2 Å². The van der Waals surface area contributed by atoms with Crippen LogP contribution in [0.15, 0.2) is 48.2 Å². The number of aromatic nitrogens is 4. The number of anilines is 1. The zero-order valence-corrected chi connectivity index (χ0v) is 13.4. The van der Waals surface area contributed by atoms with E-state index in [9.17, 15) is 0 Å². The molecule has 118 valence electrons. The van der Waals surface area contributed by atoms with Crippen LogP contribution in [0.3, 0.4) is 0 Å². The summed E-state index contributed by atoms with van der Waals surface area (Å²) in [5.41, 5.74) is 1.21. The van der Waals surface area contributed by atoms with Gasteiger partial charge < -0.3 is 9.64 Å². The van der Waals surface area contributed by atoms with Crippen LogP contribution in [-0.2, 0) is 11.3 Å². The molecule has 1 unspecified atom stereocenters. The minimum absolute atomic E-state index is 0.0203. The third-order valence-corrected chi connectivity index (χ3v) is 4.64. The molecule has 1 aromatic carbocycles. The van der Waals surface area contributed by atoms with E-state index in [1.54, 1.807) is 17.7 Å². The molecule has 0 bridgehead atoms. The van der Waals surface area contributed by atoms with Crippen LogP contribution in [0, 0.1) is 0 Å². The van der Waals surface area contributed by atoms with Crippen molar-refractivity contribution in [2.24, 2.45) is 0 Å². The van der Waals surface area contributed by atoms with Gasteiger partial charge in [-0.15, -0.1) is 11.3 Å². The van der Waals surface area contributed by atoms with Gasteiger partial charge >= 0.3 is 0 Å². The highest BCUT2D eigenvalue weighted by Gasteiger charge is 2.29. The van der Waals surface area contributed by atoms with Crippen LogP contribution in [-0.4, -0.2) is 39.5 Å². The minimum atomic E-state index is 0.0203. The Kier molecular flexibility index (Phi) is 4.04. The van der Waals surface area contributed by atoms with Gasteiger partial charge in [-0.05, 0) is 5.56 Å². The van der Waals surface area contributed by atoms with Crippen LogP contribution in [0.25, 0.3) is 0 Å². The molecule has 1 aliphatic heterocycles. The van der Waals surface area contributed by atoms with Crippen LogP contribution in [0.4, 0.5) is 5.13 Å². The summed E-state index contributed by atoms with van der Waals surface area (Å²) in [7, 11) is 0. The largest absolute Gasteiger partial charge is 0.377 e. The summed E-state index contributed by atoms with van der Waals surface area (Å²) in [6.45, 7) is 2.83. The van der Waals surface area contributed by atoms with Gasteiger partial charge in [0.25, 0.3) is 0 Å². The smallest absolute Gasteiger partial charge is 0.186 e. The summed E-state index contributed by atoms with van der Waals surface area (Å²) in [4.78, 5) is 11.2. The number of rotatable bonds is 4. The Bertz CT molecular complexity index is 743. The van der Waals surface area contributed by atoms with E-state index in [-0.39, 0.29) is 6.04 Å². The molecule has 7 heteroatoms. The number of thiazole rings is 1. The lowest BCUT2D eigenvalue weighted by atomic mass is 10.2. The molecule has 23 heavy (non-hydrogen) atoms. The Morgan fingerprint density at radius 1 is 1.22 bits per heavy atom. The van der Waals surface area contributed by atoms with Crippen molar-refractivity contribution in [2.75, 3.05) is 24.7 Å². The maximum Gasteiger partial charge on any atom is 0.186 e. The van der Waals surface area contributed by atoms with Gasteiger partial charge in [-0.25, -0.2) is 14.6 Å². The Labute approximate surface area is 138 Å². The molecular formula is C16H17N5OS. The lowest BCUT2D eigenvalue weighted by molar-refractivity contribution is 0.0917. The van der Waals surface area contributed by atoms with E-state index in [2.05, 4.69) is 32.1 Å². The van der Waals surface area contributed by atoms with E-state index in [1.165, 1.54) is 5.56 Å². The SMILES string of the molecule is c1ccc(Cn2cnc(C3COCCN3c3nccs3)n2)cc1. The standard InChI is InChI=1S/C16H17N5OS/c1-2-4-13(5-3-1)10-20-12-18-15(19-20)14-11-22-8-7-21(14)16-17-6-9-23-16/h1-6,9,12,14H,7-8,10-11H2. The third-order valence-electron chi connectivity index (χ3n) is 3.83. The maximum absolute atomic E-state index is 5.64. The lowest BCUT2D eigenvalue weighted by Gasteiger charge is -2.33. The molecule has 2 aromatic heterocycles. The monoisotopic (exact) mass is 327 g/mol. The quantitative estimate of drug-likeness (QED) is 0.736. The van der Waals surface area contributed by atoms with Gasteiger partial charge in [0.05, 0.1) is 19.8 Å². The minimum Gasteiger partial charge on any atom is -0.377 e. The van der Waals surface area contributed by atoms with Crippen LogP contribution in [0.2, 0.25) is 0 Å². The topological polar surface area (TPSA) is 56.1 Å². The van der Waals surface area contributed by atoms with E-state index in [0.717, 1.165) is 24.0 Å². The third kappa shape index (κ3) is 3.11. The molecule has 0 saturated carbocycles. The molecule has 0 aliphatic carbocycles. The van der Waals surface area contributed by atoms with Gasteiger partial charge in [0.2, 0.25) is 0 Å². The van der Waals surface area contributed by atoms with Crippen molar-refractivity contribution < 1.29 is 4.74 Å². The highest BCUT2D eigenvalue weighted by atomic mass is 32.1. The van der Waals surface area contributed by atoms with Crippen molar-refractivity contribution in [1.82, 2.24) is 19.7 Å². The molecule has 6 nitrogen and oxygen atoms in total. The summed E-state index contributed by atoms with van der Waals surface area (Å²) >= 11 is 1.63. The molecule has 4 rings (SSSR count). The first-order chi connectivity index (χ1) is 11.4. The Balaban J connectivity index is 1.55.